The van der Waals surface area contributed by atoms with Crippen molar-refractivity contribution in [3.63, 3.8) is 0 Å². The second-order valence-corrected chi connectivity index (χ2v) is 5.95. The predicted molar refractivity (Wildman–Crippen MR) is 88.9 cm³/mol. The maximum absolute atomic E-state index is 3.97. The van der Waals surface area contributed by atoms with E-state index >= 15 is 0 Å². The van der Waals surface area contributed by atoms with Gasteiger partial charge < -0.3 is 0 Å². The molecule has 0 amide bonds. The normalized spacial score (nSPS) is 22.0. The van der Waals surface area contributed by atoms with Crippen LogP contribution in [0, 0.1) is 5.92 Å². The molecule has 0 heterocycles. The summed E-state index contributed by atoms with van der Waals surface area (Å²) in [5.74, 6) is 0.653. The van der Waals surface area contributed by atoms with E-state index in [0.29, 0.717) is 18.0 Å². The third-order valence-corrected chi connectivity index (χ3v) is 4.52. The highest BCUT2D eigenvalue weighted by Gasteiger charge is 2.41. The van der Waals surface area contributed by atoms with Crippen LogP contribution in [0.3, 0.4) is 0 Å². The molecule has 2 unspecified atom stereocenters. The van der Waals surface area contributed by atoms with E-state index in [9.17, 15) is 0 Å². The Bertz CT molecular complexity index is 575. The zero-order valence-electron chi connectivity index (χ0n) is 12.7. The Kier molecular flexibility index (Phi) is 4.21. The molecule has 1 aliphatic rings. The van der Waals surface area contributed by atoms with E-state index in [4.69, 9.17) is 0 Å². The Labute approximate surface area is 127 Å². The van der Waals surface area contributed by atoms with Crippen molar-refractivity contribution in [2.75, 3.05) is 0 Å². The molecule has 0 aromatic heterocycles. The van der Waals surface area contributed by atoms with Gasteiger partial charge in [-0.25, -0.2) is 0 Å². The summed E-state index contributed by atoms with van der Waals surface area (Å²) in [5, 5.41) is 0. The predicted octanol–water partition coefficient (Wildman–Crippen LogP) is 4.82. The number of nitrogens with zero attached hydrogens (tertiary/aromatic N) is 1. The molecule has 3 rings (SSSR count). The summed E-state index contributed by atoms with van der Waals surface area (Å²) in [6.45, 7) is 7.29. The summed E-state index contributed by atoms with van der Waals surface area (Å²) in [7, 11) is 0. The molecule has 3 atom stereocenters. The average molecular weight is 277 g/mol. The van der Waals surface area contributed by atoms with Gasteiger partial charge in [-0.15, -0.1) is 6.58 Å². The molecule has 2 aromatic carbocycles. The molecule has 0 spiro atoms. The molecule has 0 saturated heterocycles. The van der Waals surface area contributed by atoms with Gasteiger partial charge in [-0.3, -0.25) is 4.90 Å². The van der Waals surface area contributed by atoms with E-state index in [-0.39, 0.29) is 0 Å². The average Bonchev–Trinajstić information content (AvgIpc) is 3.33. The van der Waals surface area contributed by atoms with Crippen molar-refractivity contribution in [3.05, 3.63) is 84.4 Å². The van der Waals surface area contributed by atoms with Gasteiger partial charge in [0, 0.05) is 18.6 Å². The van der Waals surface area contributed by atoms with Crippen LogP contribution in [0.2, 0.25) is 0 Å². The van der Waals surface area contributed by atoms with Crippen LogP contribution in [0.25, 0.3) is 0 Å². The third kappa shape index (κ3) is 3.25. The lowest BCUT2D eigenvalue weighted by Crippen LogP contribution is -2.29. The van der Waals surface area contributed by atoms with Gasteiger partial charge in [0.05, 0.1) is 0 Å². The van der Waals surface area contributed by atoms with E-state index in [1.54, 1.807) is 0 Å². The molecule has 2 aromatic rings. The standard InChI is InChI=1S/C20H23N/c1-3-18-14-20(18)21(15-17-10-6-4-7-11-17)16(2)19-12-8-5-9-13-19/h3-13,16,18,20H,1,14-15H2,2H3/t16-,18?,20?/m1/s1. The van der Waals surface area contributed by atoms with E-state index in [1.165, 1.54) is 17.5 Å². The van der Waals surface area contributed by atoms with Crippen LogP contribution in [-0.4, -0.2) is 10.9 Å². The van der Waals surface area contributed by atoms with Gasteiger partial charge in [-0.1, -0.05) is 66.7 Å². The minimum Gasteiger partial charge on any atom is -0.289 e. The Balaban J connectivity index is 1.81. The SMILES string of the molecule is C=CC1CC1N(Cc1ccccc1)[C@H](C)c1ccccc1. The Hall–Kier alpha value is -1.86. The maximum Gasteiger partial charge on any atom is 0.0326 e. The van der Waals surface area contributed by atoms with Crippen LogP contribution in [0.15, 0.2) is 73.3 Å². The first kappa shape index (κ1) is 14.1. The molecule has 21 heavy (non-hydrogen) atoms. The van der Waals surface area contributed by atoms with Crippen LogP contribution < -0.4 is 0 Å². The van der Waals surface area contributed by atoms with Gasteiger partial charge in [0.2, 0.25) is 0 Å². The summed E-state index contributed by atoms with van der Waals surface area (Å²) in [6, 6.07) is 22.6. The summed E-state index contributed by atoms with van der Waals surface area (Å²) in [6.07, 6.45) is 3.36. The van der Waals surface area contributed by atoms with Crippen LogP contribution in [0.1, 0.15) is 30.5 Å². The monoisotopic (exact) mass is 277 g/mol. The number of rotatable bonds is 6. The molecular formula is C20H23N. The van der Waals surface area contributed by atoms with E-state index in [1.807, 2.05) is 0 Å². The molecule has 0 bridgehead atoms. The molecule has 1 aliphatic carbocycles. The largest absolute Gasteiger partial charge is 0.289 e. The molecular weight excluding hydrogens is 254 g/mol. The van der Waals surface area contributed by atoms with Crippen molar-refractivity contribution < 1.29 is 0 Å². The fourth-order valence-corrected chi connectivity index (χ4v) is 3.09. The lowest BCUT2D eigenvalue weighted by molar-refractivity contribution is 0.185. The van der Waals surface area contributed by atoms with Gasteiger partial charge in [-0.05, 0) is 30.4 Å². The lowest BCUT2D eigenvalue weighted by Gasteiger charge is -2.30. The Morgan fingerprint density at radius 2 is 1.71 bits per heavy atom. The first-order chi connectivity index (χ1) is 10.3. The smallest absolute Gasteiger partial charge is 0.0326 e. The molecule has 0 N–H and O–H groups in total. The Morgan fingerprint density at radius 1 is 1.10 bits per heavy atom. The summed E-state index contributed by atoms with van der Waals surface area (Å²) >= 11 is 0. The van der Waals surface area contributed by atoms with Gasteiger partial charge in [0.15, 0.2) is 0 Å². The second kappa shape index (κ2) is 6.28. The molecule has 1 fully saturated rings. The maximum atomic E-state index is 3.97. The molecule has 1 nitrogen and oxygen atoms in total. The first-order valence-electron chi connectivity index (χ1n) is 7.76. The molecule has 0 radical (unpaired) electrons. The topological polar surface area (TPSA) is 3.24 Å². The minimum absolute atomic E-state index is 0.432. The van der Waals surface area contributed by atoms with Crippen molar-refractivity contribution in [2.45, 2.75) is 32.0 Å². The zero-order chi connectivity index (χ0) is 14.7. The zero-order valence-corrected chi connectivity index (χ0v) is 12.7. The third-order valence-electron chi connectivity index (χ3n) is 4.52. The number of hydrogen-bond donors (Lipinski definition) is 0. The van der Waals surface area contributed by atoms with Crippen molar-refractivity contribution in [1.82, 2.24) is 4.90 Å². The van der Waals surface area contributed by atoms with Crippen molar-refractivity contribution in [3.8, 4) is 0 Å². The van der Waals surface area contributed by atoms with Crippen LogP contribution >= 0.6 is 0 Å². The van der Waals surface area contributed by atoms with E-state index in [2.05, 4.69) is 85.1 Å². The van der Waals surface area contributed by atoms with Gasteiger partial charge in [0.1, 0.15) is 0 Å². The van der Waals surface area contributed by atoms with Crippen LogP contribution in [0.5, 0.6) is 0 Å². The first-order valence-corrected chi connectivity index (χ1v) is 7.76. The number of hydrogen-bond acceptors (Lipinski definition) is 1. The second-order valence-electron chi connectivity index (χ2n) is 5.95. The summed E-state index contributed by atoms with van der Waals surface area (Å²) in [5.41, 5.74) is 2.78. The van der Waals surface area contributed by atoms with Crippen LogP contribution in [-0.2, 0) is 6.54 Å². The fraction of sp³-hybridized carbons (Fsp3) is 0.300. The summed E-state index contributed by atoms with van der Waals surface area (Å²) < 4.78 is 0. The fourth-order valence-electron chi connectivity index (χ4n) is 3.09. The van der Waals surface area contributed by atoms with E-state index in [0.717, 1.165) is 6.54 Å². The van der Waals surface area contributed by atoms with Gasteiger partial charge in [0.25, 0.3) is 0 Å². The molecule has 1 saturated carbocycles. The minimum atomic E-state index is 0.432. The highest BCUT2D eigenvalue weighted by atomic mass is 15.2. The Morgan fingerprint density at radius 3 is 2.29 bits per heavy atom. The van der Waals surface area contributed by atoms with Crippen molar-refractivity contribution >= 4 is 0 Å². The van der Waals surface area contributed by atoms with Gasteiger partial charge >= 0.3 is 0 Å². The highest BCUT2D eigenvalue weighted by molar-refractivity contribution is 5.22. The number of benzene rings is 2. The summed E-state index contributed by atoms with van der Waals surface area (Å²) in [4.78, 5) is 2.62. The lowest BCUT2D eigenvalue weighted by atomic mass is 10.1. The van der Waals surface area contributed by atoms with Gasteiger partial charge in [-0.2, -0.15) is 0 Å². The van der Waals surface area contributed by atoms with Crippen molar-refractivity contribution in [2.24, 2.45) is 5.92 Å². The molecule has 1 heteroatoms. The van der Waals surface area contributed by atoms with Crippen molar-refractivity contribution in [1.29, 1.82) is 0 Å². The highest BCUT2D eigenvalue weighted by Crippen LogP contribution is 2.41. The van der Waals surface area contributed by atoms with E-state index < -0.39 is 0 Å². The quantitative estimate of drug-likeness (QED) is 0.684. The molecule has 108 valence electrons. The molecule has 0 aliphatic heterocycles. The van der Waals surface area contributed by atoms with Crippen LogP contribution in [0.4, 0.5) is 0 Å².